The van der Waals surface area contributed by atoms with Crippen LogP contribution in [-0.4, -0.2) is 41.3 Å². The summed E-state index contributed by atoms with van der Waals surface area (Å²) in [6.45, 7) is 7.00. The van der Waals surface area contributed by atoms with Crippen molar-refractivity contribution >= 4 is 12.0 Å². The molecule has 1 N–H and O–H groups in total. The predicted molar refractivity (Wildman–Crippen MR) is 78.4 cm³/mol. The number of hydrogen-bond donors (Lipinski definition) is 1. The Morgan fingerprint density at radius 3 is 2.45 bits per heavy atom. The summed E-state index contributed by atoms with van der Waals surface area (Å²) >= 11 is 0. The molecule has 0 aromatic heterocycles. The highest BCUT2D eigenvalue weighted by molar-refractivity contribution is 5.85. The van der Waals surface area contributed by atoms with Gasteiger partial charge in [0.1, 0.15) is 0 Å². The van der Waals surface area contributed by atoms with Crippen LogP contribution < -0.4 is 0 Å². The van der Waals surface area contributed by atoms with Gasteiger partial charge in [-0.25, -0.2) is 4.79 Å². The molecule has 0 aliphatic carbocycles. The van der Waals surface area contributed by atoms with E-state index in [9.17, 15) is 4.79 Å². The average molecular weight is 275 g/mol. The van der Waals surface area contributed by atoms with Crippen molar-refractivity contribution in [3.63, 3.8) is 0 Å². The largest absolute Gasteiger partial charge is 0.478 e. The minimum atomic E-state index is -0.926. The van der Waals surface area contributed by atoms with E-state index in [1.165, 1.54) is 5.56 Å². The smallest absolute Gasteiger partial charge is 0.328 e. The van der Waals surface area contributed by atoms with E-state index in [4.69, 9.17) is 9.84 Å². The Bertz CT molecular complexity index is 471. The van der Waals surface area contributed by atoms with Gasteiger partial charge in [-0.3, -0.25) is 4.90 Å². The molecule has 0 amide bonds. The second kappa shape index (κ2) is 6.68. The molecule has 0 radical (unpaired) electrons. The maximum Gasteiger partial charge on any atom is 0.328 e. The Morgan fingerprint density at radius 2 is 1.90 bits per heavy atom. The molecule has 1 aromatic carbocycles. The second-order valence-corrected chi connectivity index (χ2v) is 5.36. The lowest BCUT2D eigenvalue weighted by Gasteiger charge is -2.35. The fourth-order valence-corrected chi connectivity index (χ4v) is 2.57. The van der Waals surface area contributed by atoms with Crippen molar-refractivity contribution in [3.05, 3.63) is 41.5 Å². The van der Waals surface area contributed by atoms with Gasteiger partial charge in [0.05, 0.1) is 12.2 Å². The highest BCUT2D eigenvalue weighted by Crippen LogP contribution is 2.15. The van der Waals surface area contributed by atoms with E-state index >= 15 is 0 Å². The summed E-state index contributed by atoms with van der Waals surface area (Å²) in [6, 6.07) is 7.99. The van der Waals surface area contributed by atoms with Gasteiger partial charge in [0.2, 0.25) is 0 Å². The molecule has 0 saturated carbocycles. The normalized spacial score (nSPS) is 24.1. The number of morpholine rings is 1. The van der Waals surface area contributed by atoms with Crippen LogP contribution >= 0.6 is 0 Å². The Morgan fingerprint density at radius 1 is 1.30 bits per heavy atom. The van der Waals surface area contributed by atoms with Crippen molar-refractivity contribution < 1.29 is 14.6 Å². The second-order valence-electron chi connectivity index (χ2n) is 5.36. The van der Waals surface area contributed by atoms with E-state index in [-0.39, 0.29) is 12.2 Å². The van der Waals surface area contributed by atoms with E-state index in [2.05, 4.69) is 18.7 Å². The number of nitrogens with zero attached hydrogens (tertiary/aromatic N) is 1. The third-order valence-corrected chi connectivity index (χ3v) is 3.30. The zero-order chi connectivity index (χ0) is 14.5. The number of benzene rings is 1. The first-order chi connectivity index (χ1) is 9.52. The van der Waals surface area contributed by atoms with Crippen molar-refractivity contribution in [1.82, 2.24) is 4.90 Å². The van der Waals surface area contributed by atoms with Crippen molar-refractivity contribution in [2.24, 2.45) is 0 Å². The first-order valence-electron chi connectivity index (χ1n) is 6.90. The predicted octanol–water partition coefficient (Wildman–Crippen LogP) is 2.39. The number of carboxylic acids is 1. The Balaban J connectivity index is 1.95. The molecule has 1 heterocycles. The van der Waals surface area contributed by atoms with Crippen LogP contribution in [-0.2, 0) is 16.1 Å². The van der Waals surface area contributed by atoms with Crippen LogP contribution in [0.5, 0.6) is 0 Å². The van der Waals surface area contributed by atoms with Crippen molar-refractivity contribution in [1.29, 1.82) is 0 Å². The van der Waals surface area contributed by atoms with Gasteiger partial charge in [-0.1, -0.05) is 24.3 Å². The summed E-state index contributed by atoms with van der Waals surface area (Å²) in [7, 11) is 0. The molecule has 4 heteroatoms. The number of carbonyl (C=O) groups is 1. The average Bonchev–Trinajstić information content (AvgIpc) is 2.36. The van der Waals surface area contributed by atoms with Gasteiger partial charge in [0.25, 0.3) is 0 Å². The van der Waals surface area contributed by atoms with Gasteiger partial charge in [-0.2, -0.15) is 0 Å². The highest BCUT2D eigenvalue weighted by atomic mass is 16.5. The summed E-state index contributed by atoms with van der Waals surface area (Å²) in [5.74, 6) is -0.926. The lowest BCUT2D eigenvalue weighted by Crippen LogP contribution is -2.44. The molecule has 108 valence electrons. The Hall–Kier alpha value is -1.65. The summed E-state index contributed by atoms with van der Waals surface area (Å²) in [4.78, 5) is 12.8. The van der Waals surface area contributed by atoms with Crippen molar-refractivity contribution in [3.8, 4) is 0 Å². The summed E-state index contributed by atoms with van der Waals surface area (Å²) in [6.07, 6.45) is 3.30. The lowest BCUT2D eigenvalue weighted by molar-refractivity contribution is -0.131. The minimum absolute atomic E-state index is 0.275. The molecular formula is C16H21NO3. The first-order valence-corrected chi connectivity index (χ1v) is 6.90. The van der Waals surface area contributed by atoms with Gasteiger partial charge in [0, 0.05) is 25.7 Å². The minimum Gasteiger partial charge on any atom is -0.478 e. The fourth-order valence-electron chi connectivity index (χ4n) is 2.57. The standard InChI is InChI=1S/C16H21NO3/c1-12-9-17(10-13(2)20-12)11-15-5-3-14(4-6-15)7-8-16(18)19/h3-8,12-13H,9-11H2,1-2H3,(H,18,19). The maximum absolute atomic E-state index is 10.5. The van der Waals surface area contributed by atoms with Crippen molar-refractivity contribution in [2.45, 2.75) is 32.6 Å². The third kappa shape index (κ3) is 4.47. The summed E-state index contributed by atoms with van der Waals surface area (Å²) in [5.41, 5.74) is 2.14. The maximum atomic E-state index is 10.5. The summed E-state index contributed by atoms with van der Waals surface area (Å²) in [5, 5.41) is 8.59. The summed E-state index contributed by atoms with van der Waals surface area (Å²) < 4.78 is 5.72. The lowest BCUT2D eigenvalue weighted by atomic mass is 10.1. The first kappa shape index (κ1) is 14.8. The Labute approximate surface area is 119 Å². The molecule has 2 unspecified atom stereocenters. The van der Waals surface area contributed by atoms with Gasteiger partial charge in [-0.15, -0.1) is 0 Å². The van der Waals surface area contributed by atoms with E-state index in [0.29, 0.717) is 0 Å². The number of rotatable bonds is 4. The fraction of sp³-hybridized carbons (Fsp3) is 0.438. The molecule has 1 fully saturated rings. The molecular weight excluding hydrogens is 254 g/mol. The number of carboxylic acid groups (broad SMARTS) is 1. The van der Waals surface area contributed by atoms with Gasteiger partial charge < -0.3 is 9.84 Å². The molecule has 20 heavy (non-hydrogen) atoms. The zero-order valence-corrected chi connectivity index (χ0v) is 12.0. The number of ether oxygens (including phenoxy) is 1. The van der Waals surface area contributed by atoms with Crippen LogP contribution in [0.25, 0.3) is 6.08 Å². The number of hydrogen-bond acceptors (Lipinski definition) is 3. The molecule has 2 atom stereocenters. The zero-order valence-electron chi connectivity index (χ0n) is 12.0. The van der Waals surface area contributed by atoms with Crippen LogP contribution in [0.4, 0.5) is 0 Å². The van der Waals surface area contributed by atoms with Crippen LogP contribution in [0.15, 0.2) is 30.3 Å². The van der Waals surface area contributed by atoms with Gasteiger partial charge in [-0.05, 0) is 31.1 Å². The molecule has 1 aliphatic heterocycles. The van der Waals surface area contributed by atoms with Crippen LogP contribution in [0.1, 0.15) is 25.0 Å². The Kier molecular flexibility index (Phi) is 4.93. The van der Waals surface area contributed by atoms with Gasteiger partial charge >= 0.3 is 5.97 Å². The molecule has 2 rings (SSSR count). The molecule has 4 nitrogen and oxygen atoms in total. The van der Waals surface area contributed by atoms with E-state index < -0.39 is 5.97 Å². The molecule has 1 saturated heterocycles. The van der Waals surface area contributed by atoms with Crippen LogP contribution in [0, 0.1) is 0 Å². The van der Waals surface area contributed by atoms with Gasteiger partial charge in [0.15, 0.2) is 0 Å². The molecule has 0 bridgehead atoms. The number of aliphatic carboxylic acids is 1. The quantitative estimate of drug-likeness (QED) is 0.857. The molecule has 1 aromatic rings. The topological polar surface area (TPSA) is 49.8 Å². The monoisotopic (exact) mass is 275 g/mol. The SMILES string of the molecule is CC1CN(Cc2ccc(C=CC(=O)O)cc2)CC(C)O1. The third-order valence-electron chi connectivity index (χ3n) is 3.30. The van der Waals surface area contributed by atoms with E-state index in [0.717, 1.165) is 31.3 Å². The highest BCUT2D eigenvalue weighted by Gasteiger charge is 2.21. The molecule has 0 spiro atoms. The van der Waals surface area contributed by atoms with E-state index in [1.54, 1.807) is 6.08 Å². The van der Waals surface area contributed by atoms with Crippen molar-refractivity contribution in [2.75, 3.05) is 13.1 Å². The van der Waals surface area contributed by atoms with E-state index in [1.807, 2.05) is 24.3 Å². The van der Waals surface area contributed by atoms with Crippen LogP contribution in [0.3, 0.4) is 0 Å². The van der Waals surface area contributed by atoms with Crippen LogP contribution in [0.2, 0.25) is 0 Å². The molecule has 1 aliphatic rings.